The minimum Gasteiger partial charge on any atom is -0.130 e. The monoisotopic (exact) mass is 166 g/mol. The van der Waals surface area contributed by atoms with Crippen LogP contribution in [0.3, 0.4) is 0 Å². The van der Waals surface area contributed by atoms with Crippen molar-refractivity contribution >= 4 is 9.24 Å². The summed E-state index contributed by atoms with van der Waals surface area (Å²) in [5.41, 5.74) is 3.50. The van der Waals surface area contributed by atoms with E-state index in [0.29, 0.717) is 5.66 Å². The molecule has 0 N–H and O–H groups in total. The molecule has 0 fully saturated rings. The molecule has 0 aromatic heterocycles. The molecule has 2 unspecified atom stereocenters. The number of hydrogen-bond acceptors (Lipinski definition) is 0. The molecule has 0 bridgehead atoms. The number of rotatable bonds is 2. The highest BCUT2D eigenvalue weighted by atomic mass is 31.0. The van der Waals surface area contributed by atoms with E-state index in [1.165, 1.54) is 11.1 Å². The van der Waals surface area contributed by atoms with E-state index in [1.54, 1.807) is 0 Å². The largest absolute Gasteiger partial charge is 0.130 e. The van der Waals surface area contributed by atoms with Crippen LogP contribution in [-0.2, 0) is 6.42 Å². The molecule has 0 amide bonds. The molecule has 60 valence electrons. The Labute approximate surface area is 71.2 Å². The Hall–Kier alpha value is -0.350. The van der Waals surface area contributed by atoms with Crippen LogP contribution in [0.4, 0.5) is 0 Å². The lowest BCUT2D eigenvalue weighted by molar-refractivity contribution is 1.02. The van der Waals surface area contributed by atoms with Crippen molar-refractivity contribution in [3.8, 4) is 0 Å². The molecular weight excluding hydrogens is 151 g/mol. The first-order valence-corrected chi connectivity index (χ1v) is 4.75. The number of aryl methyl sites for hydroxylation is 1. The Morgan fingerprint density at radius 2 is 2.00 bits per heavy atom. The highest BCUT2D eigenvalue weighted by Crippen LogP contribution is 2.25. The second kappa shape index (κ2) is 3.88. The van der Waals surface area contributed by atoms with Crippen molar-refractivity contribution in [1.82, 2.24) is 0 Å². The summed E-state index contributed by atoms with van der Waals surface area (Å²) in [7, 11) is 2.84. The predicted octanol–water partition coefficient (Wildman–Crippen LogP) is 3.19. The van der Waals surface area contributed by atoms with Crippen molar-refractivity contribution < 1.29 is 0 Å². The Morgan fingerprint density at radius 1 is 1.36 bits per heavy atom. The van der Waals surface area contributed by atoms with E-state index in [-0.39, 0.29) is 0 Å². The molecule has 0 saturated heterocycles. The van der Waals surface area contributed by atoms with Gasteiger partial charge in [0, 0.05) is 0 Å². The van der Waals surface area contributed by atoms with Gasteiger partial charge < -0.3 is 0 Å². The van der Waals surface area contributed by atoms with Crippen LogP contribution in [0, 0.1) is 0 Å². The summed E-state index contributed by atoms with van der Waals surface area (Å²) in [5, 5.41) is 0. The minimum atomic E-state index is 0.575. The zero-order valence-electron chi connectivity index (χ0n) is 7.17. The van der Waals surface area contributed by atoms with Crippen LogP contribution in [0.1, 0.15) is 30.6 Å². The fraction of sp³-hybridized carbons (Fsp3) is 0.400. The molecular formula is C10H15P. The van der Waals surface area contributed by atoms with E-state index < -0.39 is 0 Å². The van der Waals surface area contributed by atoms with E-state index >= 15 is 0 Å². The average molecular weight is 166 g/mol. The zero-order valence-corrected chi connectivity index (χ0v) is 8.33. The maximum atomic E-state index is 2.84. The summed E-state index contributed by atoms with van der Waals surface area (Å²) in [5.74, 6) is 0. The molecule has 0 nitrogen and oxygen atoms in total. The molecule has 0 spiro atoms. The second-order valence-electron chi connectivity index (χ2n) is 2.84. The van der Waals surface area contributed by atoms with Crippen LogP contribution in [-0.4, -0.2) is 0 Å². The maximum absolute atomic E-state index is 2.84. The summed E-state index contributed by atoms with van der Waals surface area (Å²) in [6.45, 7) is 4.41. The van der Waals surface area contributed by atoms with Crippen LogP contribution in [0.15, 0.2) is 24.3 Å². The highest BCUT2D eigenvalue weighted by molar-refractivity contribution is 7.17. The lowest BCUT2D eigenvalue weighted by atomic mass is 10.0. The molecule has 2 atom stereocenters. The average Bonchev–Trinajstić information content (AvgIpc) is 2.04. The predicted molar refractivity (Wildman–Crippen MR) is 53.9 cm³/mol. The van der Waals surface area contributed by atoms with Gasteiger partial charge in [-0.2, -0.15) is 0 Å². The van der Waals surface area contributed by atoms with Gasteiger partial charge in [0.25, 0.3) is 0 Å². The number of benzene rings is 1. The van der Waals surface area contributed by atoms with Crippen molar-refractivity contribution in [2.75, 3.05) is 0 Å². The second-order valence-corrected chi connectivity index (χ2v) is 3.84. The number of hydrogen-bond donors (Lipinski definition) is 0. The van der Waals surface area contributed by atoms with Gasteiger partial charge >= 0.3 is 0 Å². The SMILES string of the molecule is CCc1ccccc1C(C)P. The van der Waals surface area contributed by atoms with Gasteiger partial charge in [0.2, 0.25) is 0 Å². The fourth-order valence-corrected chi connectivity index (χ4v) is 1.63. The summed E-state index contributed by atoms with van der Waals surface area (Å²) in [6.07, 6.45) is 1.13. The van der Waals surface area contributed by atoms with Crippen LogP contribution in [0.25, 0.3) is 0 Å². The van der Waals surface area contributed by atoms with Gasteiger partial charge in [-0.25, -0.2) is 0 Å². The Kier molecular flexibility index (Phi) is 3.08. The highest BCUT2D eigenvalue weighted by Gasteiger charge is 2.02. The van der Waals surface area contributed by atoms with E-state index in [4.69, 9.17) is 0 Å². The zero-order chi connectivity index (χ0) is 8.27. The Bertz CT molecular complexity index is 228. The van der Waals surface area contributed by atoms with Gasteiger partial charge in [0.1, 0.15) is 0 Å². The van der Waals surface area contributed by atoms with Crippen LogP contribution < -0.4 is 0 Å². The third-order valence-electron chi connectivity index (χ3n) is 1.93. The Balaban J connectivity index is 3.02. The van der Waals surface area contributed by atoms with Gasteiger partial charge in [-0.15, -0.1) is 9.24 Å². The molecule has 11 heavy (non-hydrogen) atoms. The molecule has 0 aliphatic carbocycles. The third kappa shape index (κ3) is 2.04. The van der Waals surface area contributed by atoms with E-state index in [9.17, 15) is 0 Å². The minimum absolute atomic E-state index is 0.575. The van der Waals surface area contributed by atoms with Crippen molar-refractivity contribution in [3.05, 3.63) is 35.4 Å². The first kappa shape index (κ1) is 8.74. The van der Waals surface area contributed by atoms with Gasteiger partial charge in [-0.05, 0) is 23.2 Å². The lowest BCUT2D eigenvalue weighted by Gasteiger charge is -2.09. The van der Waals surface area contributed by atoms with Crippen molar-refractivity contribution in [2.24, 2.45) is 0 Å². The van der Waals surface area contributed by atoms with Gasteiger partial charge in [0.05, 0.1) is 0 Å². The van der Waals surface area contributed by atoms with Gasteiger partial charge in [-0.3, -0.25) is 0 Å². The normalized spacial score (nSPS) is 13.0. The smallest absolute Gasteiger partial charge is 0.00401 e. The summed E-state index contributed by atoms with van der Waals surface area (Å²) in [4.78, 5) is 0. The molecule has 1 heteroatoms. The Morgan fingerprint density at radius 3 is 2.45 bits per heavy atom. The van der Waals surface area contributed by atoms with Crippen LogP contribution in [0.5, 0.6) is 0 Å². The summed E-state index contributed by atoms with van der Waals surface area (Å²) >= 11 is 0. The molecule has 1 aromatic rings. The first-order valence-electron chi connectivity index (χ1n) is 4.09. The van der Waals surface area contributed by atoms with E-state index in [2.05, 4.69) is 47.4 Å². The molecule has 0 saturated carbocycles. The lowest BCUT2D eigenvalue weighted by Crippen LogP contribution is -1.91. The van der Waals surface area contributed by atoms with Crippen molar-refractivity contribution in [1.29, 1.82) is 0 Å². The van der Waals surface area contributed by atoms with Crippen molar-refractivity contribution in [3.63, 3.8) is 0 Å². The molecule has 0 radical (unpaired) electrons. The maximum Gasteiger partial charge on any atom is -0.00401 e. The third-order valence-corrected chi connectivity index (χ3v) is 2.29. The molecule has 0 heterocycles. The standard InChI is InChI=1S/C10H15P/c1-3-9-6-4-5-7-10(9)8(2)11/h4-8H,3,11H2,1-2H3. The van der Waals surface area contributed by atoms with E-state index in [1.807, 2.05) is 0 Å². The van der Waals surface area contributed by atoms with Crippen LogP contribution >= 0.6 is 9.24 Å². The van der Waals surface area contributed by atoms with Crippen LogP contribution in [0.2, 0.25) is 0 Å². The summed E-state index contributed by atoms with van der Waals surface area (Å²) < 4.78 is 0. The fourth-order valence-electron chi connectivity index (χ4n) is 1.30. The van der Waals surface area contributed by atoms with Gasteiger partial charge in [0.15, 0.2) is 0 Å². The van der Waals surface area contributed by atoms with Gasteiger partial charge in [-0.1, -0.05) is 38.1 Å². The summed E-state index contributed by atoms with van der Waals surface area (Å²) in [6, 6.07) is 8.62. The quantitative estimate of drug-likeness (QED) is 0.592. The van der Waals surface area contributed by atoms with E-state index in [0.717, 1.165) is 6.42 Å². The molecule has 1 aromatic carbocycles. The first-order chi connectivity index (χ1) is 5.25. The van der Waals surface area contributed by atoms with Crippen molar-refractivity contribution in [2.45, 2.75) is 25.9 Å². The molecule has 0 aliphatic heterocycles. The molecule has 1 rings (SSSR count). The molecule has 0 aliphatic rings. The topological polar surface area (TPSA) is 0 Å².